The quantitative estimate of drug-likeness (QED) is 0.532. The zero-order valence-electron chi connectivity index (χ0n) is 12.4. The largest absolute Gasteiger partial charge is 0.479 e. The van der Waals surface area contributed by atoms with Crippen LogP contribution in [0.25, 0.3) is 0 Å². The Labute approximate surface area is 146 Å². The van der Waals surface area contributed by atoms with Crippen molar-refractivity contribution in [1.29, 1.82) is 0 Å². The van der Waals surface area contributed by atoms with E-state index in [0.717, 1.165) is 11.0 Å². The number of urea groups is 1. The van der Waals surface area contributed by atoms with Gasteiger partial charge in [0.25, 0.3) is 0 Å². The fraction of sp³-hybridized carbons (Fsp3) is 0.273. The van der Waals surface area contributed by atoms with Crippen LogP contribution < -0.4 is 4.18 Å². The van der Waals surface area contributed by atoms with Crippen molar-refractivity contribution in [2.75, 3.05) is 6.54 Å². The van der Waals surface area contributed by atoms with Crippen LogP contribution in [0.5, 0.6) is 5.75 Å². The zero-order valence-corrected chi connectivity index (χ0v) is 14.0. The van der Waals surface area contributed by atoms with Crippen LogP contribution >= 0.6 is 0 Å². The third-order valence-electron chi connectivity index (χ3n) is 3.73. The average Bonchev–Trinajstić information content (AvgIpc) is 2.70. The van der Waals surface area contributed by atoms with Crippen molar-refractivity contribution in [2.45, 2.75) is 12.1 Å². The fourth-order valence-electron chi connectivity index (χ4n) is 2.98. The van der Waals surface area contributed by atoms with Gasteiger partial charge in [-0.15, -0.1) is 4.28 Å². The van der Waals surface area contributed by atoms with Crippen LogP contribution in [0.3, 0.4) is 0 Å². The number of carbonyl (C=O) groups excluding carboxylic acids is 1. The number of hydrogen-bond acceptors (Lipinski definition) is 8. The Bertz CT molecular complexity index is 1000. The fourth-order valence-corrected chi connectivity index (χ4v) is 3.73. The van der Waals surface area contributed by atoms with Crippen LogP contribution in [0.15, 0.2) is 18.2 Å². The van der Waals surface area contributed by atoms with Gasteiger partial charge in [0.05, 0.1) is 6.54 Å². The summed E-state index contributed by atoms with van der Waals surface area (Å²) in [5.74, 6) is -2.02. The molecule has 0 aromatic heterocycles. The van der Waals surface area contributed by atoms with Crippen molar-refractivity contribution in [3.63, 3.8) is 0 Å². The predicted octanol–water partition coefficient (Wildman–Crippen LogP) is -0.479. The standard InChI is InChI=1S/C11H10N2O11S2/c14-10(15)9-5-2-1-3-7(23-25(17,18)19)8(5)6-4-12(9)11(16)13(6)24-26(20,21)22/h1-3,6,9H,4H2,(H,14,15)(H,17,18,19)(H,20,21,22)/t6-,9-/m1/s1. The number of amides is 2. The lowest BCUT2D eigenvalue weighted by Gasteiger charge is -2.30. The number of hydroxylamine groups is 2. The summed E-state index contributed by atoms with van der Waals surface area (Å²) in [6, 6.07) is -0.570. The topological polar surface area (TPSA) is 188 Å². The minimum absolute atomic E-state index is 0.0790. The van der Waals surface area contributed by atoms with Crippen molar-refractivity contribution in [3.8, 4) is 5.75 Å². The molecule has 2 aliphatic heterocycles. The Morgan fingerprint density at radius 3 is 2.35 bits per heavy atom. The molecule has 2 aliphatic rings. The molecule has 2 amide bonds. The second-order valence-electron chi connectivity index (χ2n) is 5.29. The SMILES string of the molecule is O=C(O)[C@H]1c2cccc(OS(=O)(=O)O)c2[C@H]2CN1C(=O)N2OS(=O)(=O)O. The molecule has 1 aromatic carbocycles. The number of nitrogens with zero attached hydrogens (tertiary/aromatic N) is 2. The molecule has 0 unspecified atom stereocenters. The maximum Gasteiger partial charge on any atom is 0.446 e. The van der Waals surface area contributed by atoms with Crippen molar-refractivity contribution in [1.82, 2.24) is 9.96 Å². The van der Waals surface area contributed by atoms with Crippen LogP contribution in [-0.2, 0) is 29.9 Å². The van der Waals surface area contributed by atoms with Crippen LogP contribution in [0.4, 0.5) is 4.79 Å². The molecule has 2 heterocycles. The highest BCUT2D eigenvalue weighted by Gasteiger charge is 2.53. The highest BCUT2D eigenvalue weighted by atomic mass is 32.3. The molecule has 26 heavy (non-hydrogen) atoms. The molecule has 3 rings (SSSR count). The summed E-state index contributed by atoms with van der Waals surface area (Å²) in [5, 5.41) is 9.62. The Hall–Kier alpha value is -2.46. The summed E-state index contributed by atoms with van der Waals surface area (Å²) >= 11 is 0. The van der Waals surface area contributed by atoms with E-state index in [4.69, 9.17) is 9.11 Å². The number of carboxylic acid groups (broad SMARTS) is 1. The van der Waals surface area contributed by atoms with Gasteiger partial charge >= 0.3 is 32.8 Å². The second kappa shape index (κ2) is 5.78. The van der Waals surface area contributed by atoms with Gasteiger partial charge in [-0.05, 0) is 11.6 Å². The predicted molar refractivity (Wildman–Crippen MR) is 78.3 cm³/mol. The van der Waals surface area contributed by atoms with Crippen molar-refractivity contribution < 1.29 is 49.1 Å². The molecule has 3 N–H and O–H groups in total. The van der Waals surface area contributed by atoms with Crippen molar-refractivity contribution in [2.24, 2.45) is 0 Å². The molecular formula is C11H10N2O11S2. The van der Waals surface area contributed by atoms with Crippen LogP contribution in [0, 0.1) is 0 Å². The molecule has 1 fully saturated rings. The van der Waals surface area contributed by atoms with E-state index in [2.05, 4.69) is 8.47 Å². The summed E-state index contributed by atoms with van der Waals surface area (Å²) in [7, 11) is -10.2. The van der Waals surface area contributed by atoms with Gasteiger partial charge in [-0.1, -0.05) is 12.1 Å². The van der Waals surface area contributed by atoms with Crippen LogP contribution in [-0.4, -0.2) is 59.6 Å². The number of fused-ring (bicyclic) bond motifs is 4. The summed E-state index contributed by atoms with van der Waals surface area (Å²) in [4.78, 5) is 24.7. The van der Waals surface area contributed by atoms with Gasteiger partial charge in [0, 0.05) is 5.56 Å². The Balaban J connectivity index is 2.21. The molecule has 1 saturated heterocycles. The summed E-state index contributed by atoms with van der Waals surface area (Å²) in [6.07, 6.45) is 0. The molecule has 0 spiro atoms. The second-order valence-corrected chi connectivity index (χ2v) is 7.32. The number of carboxylic acids is 1. The lowest BCUT2D eigenvalue weighted by Crippen LogP contribution is -2.38. The molecule has 2 bridgehead atoms. The van der Waals surface area contributed by atoms with Crippen LogP contribution in [0.1, 0.15) is 23.2 Å². The summed E-state index contributed by atoms with van der Waals surface area (Å²) in [5.41, 5.74) is -0.284. The van der Waals surface area contributed by atoms with Gasteiger partial charge in [-0.3, -0.25) is 9.11 Å². The molecule has 0 radical (unpaired) electrons. The number of benzene rings is 1. The molecule has 13 nitrogen and oxygen atoms in total. The first-order valence-electron chi connectivity index (χ1n) is 6.68. The average molecular weight is 410 g/mol. The third-order valence-corrected chi connectivity index (χ3v) is 4.47. The smallest absolute Gasteiger partial charge is 0.446 e. The van der Waals surface area contributed by atoms with E-state index in [1.807, 2.05) is 0 Å². The van der Waals surface area contributed by atoms with Crippen molar-refractivity contribution in [3.05, 3.63) is 29.3 Å². The van der Waals surface area contributed by atoms with E-state index < -0.39 is 57.2 Å². The highest BCUT2D eigenvalue weighted by molar-refractivity contribution is 7.81. The van der Waals surface area contributed by atoms with Gasteiger partial charge in [0.1, 0.15) is 6.04 Å². The Kier molecular flexibility index (Phi) is 4.08. The lowest BCUT2D eigenvalue weighted by molar-refractivity contribution is -0.142. The Morgan fingerprint density at radius 1 is 1.15 bits per heavy atom. The van der Waals surface area contributed by atoms with E-state index in [0.29, 0.717) is 0 Å². The number of hydrogen-bond donors (Lipinski definition) is 3. The number of carbonyl (C=O) groups is 2. The maximum absolute atomic E-state index is 12.3. The maximum atomic E-state index is 12.3. The number of aliphatic carboxylic acids is 1. The first-order chi connectivity index (χ1) is 11.9. The van der Waals surface area contributed by atoms with Gasteiger partial charge in [0.2, 0.25) is 0 Å². The molecule has 15 heteroatoms. The summed E-state index contributed by atoms with van der Waals surface area (Å²) in [6.45, 7) is -0.399. The van der Waals surface area contributed by atoms with E-state index >= 15 is 0 Å². The number of rotatable bonds is 5. The van der Waals surface area contributed by atoms with Gasteiger partial charge < -0.3 is 14.2 Å². The van der Waals surface area contributed by atoms with Gasteiger partial charge in [-0.25, -0.2) is 9.59 Å². The molecule has 2 atom stereocenters. The third kappa shape index (κ3) is 3.17. The first kappa shape index (κ1) is 18.3. The zero-order chi connectivity index (χ0) is 19.4. The van der Waals surface area contributed by atoms with E-state index in [-0.39, 0.29) is 16.2 Å². The van der Waals surface area contributed by atoms with Gasteiger partial charge in [0.15, 0.2) is 11.8 Å². The highest BCUT2D eigenvalue weighted by Crippen LogP contribution is 2.47. The lowest BCUT2D eigenvalue weighted by atomic mass is 9.90. The molecule has 0 saturated carbocycles. The molecule has 1 aromatic rings. The Morgan fingerprint density at radius 2 is 1.81 bits per heavy atom. The summed E-state index contributed by atoms with van der Waals surface area (Å²) < 4.78 is 70.4. The normalized spacial score (nSPS) is 22.3. The molecule has 0 aliphatic carbocycles. The first-order valence-corrected chi connectivity index (χ1v) is 9.41. The van der Waals surface area contributed by atoms with Crippen molar-refractivity contribution >= 4 is 32.8 Å². The molecule has 142 valence electrons. The van der Waals surface area contributed by atoms with E-state index in [1.165, 1.54) is 12.1 Å². The molecular weight excluding hydrogens is 400 g/mol. The minimum atomic E-state index is -5.14. The van der Waals surface area contributed by atoms with Crippen LogP contribution in [0.2, 0.25) is 0 Å². The van der Waals surface area contributed by atoms with E-state index in [1.54, 1.807) is 0 Å². The minimum Gasteiger partial charge on any atom is -0.479 e. The van der Waals surface area contributed by atoms with E-state index in [9.17, 15) is 31.5 Å². The monoisotopic (exact) mass is 410 g/mol. The van der Waals surface area contributed by atoms with Gasteiger partial charge in [-0.2, -0.15) is 21.9 Å².